The molecule has 1 aliphatic rings. The van der Waals surface area contributed by atoms with Crippen molar-refractivity contribution in [3.63, 3.8) is 0 Å². The van der Waals surface area contributed by atoms with Gasteiger partial charge in [-0.2, -0.15) is 0 Å². The Balaban J connectivity index is 1.60. The van der Waals surface area contributed by atoms with Crippen LogP contribution < -0.4 is 0 Å². The molecule has 5 rings (SSSR count). The minimum Gasteiger partial charge on any atom is -0.347 e. The van der Waals surface area contributed by atoms with Gasteiger partial charge in [0.25, 0.3) is 0 Å². The number of hydrogen-bond donors (Lipinski definition) is 0. The number of ketones is 2. The summed E-state index contributed by atoms with van der Waals surface area (Å²) in [6, 6.07) is 31.2. The fourth-order valence-corrected chi connectivity index (χ4v) is 4.93. The van der Waals surface area contributed by atoms with Crippen molar-refractivity contribution in [3.05, 3.63) is 119 Å². The third-order valence-electron chi connectivity index (χ3n) is 6.60. The van der Waals surface area contributed by atoms with Gasteiger partial charge in [0.1, 0.15) is 0 Å². The summed E-state index contributed by atoms with van der Waals surface area (Å²) in [5.41, 5.74) is 5.73. The van der Waals surface area contributed by atoms with Crippen LogP contribution in [-0.4, -0.2) is 16.1 Å². The van der Waals surface area contributed by atoms with Crippen molar-refractivity contribution in [2.75, 3.05) is 0 Å². The van der Waals surface area contributed by atoms with E-state index in [0.29, 0.717) is 24.0 Å². The van der Waals surface area contributed by atoms with Gasteiger partial charge in [0.15, 0.2) is 11.6 Å². The molecule has 0 fully saturated rings. The lowest BCUT2D eigenvalue weighted by Crippen LogP contribution is -2.29. The molecule has 1 aromatic heterocycles. The zero-order chi connectivity index (χ0) is 22.1. The van der Waals surface area contributed by atoms with Gasteiger partial charge < -0.3 is 4.57 Å². The molecule has 0 saturated heterocycles. The highest BCUT2D eigenvalue weighted by atomic mass is 16.1. The van der Waals surface area contributed by atoms with Crippen LogP contribution in [0, 0.1) is 5.92 Å². The largest absolute Gasteiger partial charge is 0.347 e. The number of hydrogen-bond acceptors (Lipinski definition) is 2. The number of carbonyl (C=O) groups is 2. The van der Waals surface area contributed by atoms with Gasteiger partial charge in [-0.05, 0) is 30.0 Å². The maximum atomic E-state index is 13.6. The molecule has 158 valence electrons. The monoisotopic (exact) mass is 419 g/mol. The third kappa shape index (κ3) is 3.60. The Bertz CT molecular complexity index is 1260. The minimum absolute atomic E-state index is 0.0858. The minimum atomic E-state index is -0.331. The van der Waals surface area contributed by atoms with Crippen LogP contribution in [0.5, 0.6) is 0 Å². The van der Waals surface area contributed by atoms with E-state index in [1.165, 1.54) is 0 Å². The fourth-order valence-electron chi connectivity index (χ4n) is 4.93. The molecular formula is C29H25NO2. The van der Waals surface area contributed by atoms with E-state index in [2.05, 4.69) is 22.8 Å². The van der Waals surface area contributed by atoms with E-state index < -0.39 is 0 Å². The van der Waals surface area contributed by atoms with Gasteiger partial charge in [-0.15, -0.1) is 0 Å². The molecule has 0 bridgehead atoms. The summed E-state index contributed by atoms with van der Waals surface area (Å²) >= 11 is 0. The molecule has 32 heavy (non-hydrogen) atoms. The number of benzene rings is 3. The number of nitrogens with zero attached hydrogens (tertiary/aromatic N) is 1. The van der Waals surface area contributed by atoms with E-state index in [-0.39, 0.29) is 23.4 Å². The van der Waals surface area contributed by atoms with Crippen LogP contribution >= 0.6 is 0 Å². The Kier molecular flexibility index (Phi) is 5.32. The van der Waals surface area contributed by atoms with Gasteiger partial charge >= 0.3 is 0 Å². The molecule has 0 amide bonds. The summed E-state index contributed by atoms with van der Waals surface area (Å²) in [5.74, 6) is -0.352. The molecule has 3 nitrogen and oxygen atoms in total. The summed E-state index contributed by atoms with van der Waals surface area (Å²) in [6.45, 7) is 0. The first-order valence-corrected chi connectivity index (χ1v) is 11.1. The second-order valence-electron chi connectivity index (χ2n) is 8.51. The predicted octanol–water partition coefficient (Wildman–Crippen LogP) is 6.10. The Hall–Kier alpha value is -3.72. The van der Waals surface area contributed by atoms with E-state index in [1.54, 1.807) is 0 Å². The van der Waals surface area contributed by atoms with Crippen LogP contribution in [0.4, 0.5) is 0 Å². The van der Waals surface area contributed by atoms with Crippen LogP contribution in [-0.2, 0) is 13.5 Å². The number of Topliss-reactive ketones (excluding diaryl/α,β-unsaturated/α-hetero) is 2. The highest BCUT2D eigenvalue weighted by Gasteiger charge is 2.38. The molecule has 0 aliphatic heterocycles. The molecule has 0 radical (unpaired) electrons. The predicted molar refractivity (Wildman–Crippen MR) is 127 cm³/mol. The van der Waals surface area contributed by atoms with Crippen molar-refractivity contribution in [2.45, 2.75) is 18.8 Å². The molecule has 2 atom stereocenters. The average molecular weight is 420 g/mol. The normalized spacial score (nSPS) is 17.5. The second kappa shape index (κ2) is 8.43. The van der Waals surface area contributed by atoms with E-state index in [9.17, 15) is 9.59 Å². The van der Waals surface area contributed by atoms with E-state index in [0.717, 1.165) is 22.5 Å². The van der Waals surface area contributed by atoms with Crippen LogP contribution in [0.1, 0.15) is 44.3 Å². The molecular weight excluding hydrogens is 394 g/mol. The molecule has 3 heteroatoms. The summed E-state index contributed by atoms with van der Waals surface area (Å²) in [4.78, 5) is 27.0. The number of aromatic nitrogens is 1. The van der Waals surface area contributed by atoms with Crippen molar-refractivity contribution in [3.8, 4) is 11.3 Å². The molecule has 0 N–H and O–H groups in total. The van der Waals surface area contributed by atoms with Crippen molar-refractivity contribution in [1.82, 2.24) is 4.57 Å². The standard InChI is InChI=1S/C29H25NO2/c1-30-26(20-11-5-2-6-12-20)19-24-25(29(32)22-15-9-4-10-16-22)17-23(18-27(24)30)28(31)21-13-7-3-8-14-21/h2-16,19,23,25H,17-18H2,1H3/t23-,25+/m0/s1. The summed E-state index contributed by atoms with van der Waals surface area (Å²) < 4.78 is 2.17. The van der Waals surface area contributed by atoms with Crippen LogP contribution in [0.3, 0.4) is 0 Å². The summed E-state index contributed by atoms with van der Waals surface area (Å²) in [6.07, 6.45) is 1.18. The topological polar surface area (TPSA) is 39.1 Å². The lowest BCUT2D eigenvalue weighted by molar-refractivity contribution is 0.0868. The molecule has 4 aromatic rings. The number of rotatable bonds is 5. The Morgan fingerprint density at radius 1 is 0.750 bits per heavy atom. The molecule has 1 aliphatic carbocycles. The molecule has 3 aromatic carbocycles. The Morgan fingerprint density at radius 3 is 1.88 bits per heavy atom. The van der Waals surface area contributed by atoms with Gasteiger partial charge in [0, 0.05) is 41.4 Å². The summed E-state index contributed by atoms with van der Waals surface area (Å²) in [7, 11) is 2.04. The van der Waals surface area contributed by atoms with Crippen LogP contribution in [0.15, 0.2) is 97.1 Å². The summed E-state index contributed by atoms with van der Waals surface area (Å²) in [5, 5.41) is 0. The van der Waals surface area contributed by atoms with Crippen LogP contribution in [0.25, 0.3) is 11.3 Å². The van der Waals surface area contributed by atoms with Crippen molar-refractivity contribution < 1.29 is 9.59 Å². The van der Waals surface area contributed by atoms with E-state index in [1.807, 2.05) is 85.9 Å². The van der Waals surface area contributed by atoms with Crippen LogP contribution in [0.2, 0.25) is 0 Å². The smallest absolute Gasteiger partial charge is 0.170 e. The zero-order valence-electron chi connectivity index (χ0n) is 18.1. The van der Waals surface area contributed by atoms with E-state index >= 15 is 0 Å². The lowest BCUT2D eigenvalue weighted by Gasteiger charge is -2.29. The van der Waals surface area contributed by atoms with E-state index in [4.69, 9.17) is 0 Å². The number of fused-ring (bicyclic) bond motifs is 1. The molecule has 0 spiro atoms. The van der Waals surface area contributed by atoms with Gasteiger partial charge in [0.05, 0.1) is 0 Å². The highest BCUT2D eigenvalue weighted by Crippen LogP contribution is 2.41. The maximum Gasteiger partial charge on any atom is 0.170 e. The fraction of sp³-hybridized carbons (Fsp3) is 0.172. The highest BCUT2D eigenvalue weighted by molar-refractivity contribution is 6.03. The van der Waals surface area contributed by atoms with Gasteiger partial charge in [-0.1, -0.05) is 91.0 Å². The SMILES string of the molecule is Cn1c(-c2ccccc2)cc2c1C[C@@H](C(=O)c1ccccc1)C[C@H]2C(=O)c1ccccc1. The van der Waals surface area contributed by atoms with Gasteiger partial charge in [0.2, 0.25) is 0 Å². The van der Waals surface area contributed by atoms with Gasteiger partial charge in [-0.25, -0.2) is 0 Å². The maximum absolute atomic E-state index is 13.6. The first-order valence-electron chi connectivity index (χ1n) is 11.1. The first kappa shape index (κ1) is 20.2. The molecule has 0 unspecified atom stereocenters. The zero-order valence-corrected chi connectivity index (χ0v) is 18.1. The third-order valence-corrected chi connectivity index (χ3v) is 6.60. The van der Waals surface area contributed by atoms with Gasteiger partial charge in [-0.3, -0.25) is 9.59 Å². The lowest BCUT2D eigenvalue weighted by atomic mass is 9.74. The van der Waals surface area contributed by atoms with Crippen molar-refractivity contribution in [1.29, 1.82) is 0 Å². The Morgan fingerprint density at radius 2 is 1.28 bits per heavy atom. The first-order chi connectivity index (χ1) is 15.6. The van der Waals surface area contributed by atoms with Crippen molar-refractivity contribution >= 4 is 11.6 Å². The average Bonchev–Trinajstić information content (AvgIpc) is 3.20. The molecule has 0 saturated carbocycles. The second-order valence-corrected chi connectivity index (χ2v) is 8.51. The number of carbonyl (C=O) groups excluding carboxylic acids is 2. The van der Waals surface area contributed by atoms with Crippen molar-refractivity contribution in [2.24, 2.45) is 13.0 Å². The quantitative estimate of drug-likeness (QED) is 0.367. The Labute approximate surface area is 188 Å². The molecule has 1 heterocycles.